The molecule has 0 radical (unpaired) electrons. The molecule has 1 fully saturated rings. The van der Waals surface area contributed by atoms with Gasteiger partial charge in [0.2, 0.25) is 5.91 Å². The van der Waals surface area contributed by atoms with Crippen LogP contribution in [-0.4, -0.2) is 55.5 Å². The summed E-state index contributed by atoms with van der Waals surface area (Å²) in [4.78, 5) is 17.0. The van der Waals surface area contributed by atoms with Crippen LogP contribution in [0.15, 0.2) is 48.5 Å². The summed E-state index contributed by atoms with van der Waals surface area (Å²) in [5.41, 5.74) is 3.79. The van der Waals surface area contributed by atoms with Crippen molar-refractivity contribution in [1.82, 2.24) is 15.1 Å². The van der Waals surface area contributed by atoms with Crippen LogP contribution in [0.3, 0.4) is 0 Å². The molecule has 0 aromatic heterocycles. The zero-order valence-corrected chi connectivity index (χ0v) is 17.9. The summed E-state index contributed by atoms with van der Waals surface area (Å²) in [6.45, 7) is 10.3. The molecule has 1 saturated heterocycles. The van der Waals surface area contributed by atoms with Crippen LogP contribution in [0, 0.1) is 0 Å². The molecule has 29 heavy (non-hydrogen) atoms. The fourth-order valence-corrected chi connectivity index (χ4v) is 3.61. The third kappa shape index (κ3) is 6.58. The van der Waals surface area contributed by atoms with E-state index in [1.807, 2.05) is 24.3 Å². The maximum Gasteiger partial charge on any atom is 0.234 e. The molecule has 1 heterocycles. The average molecular weight is 396 g/mol. The lowest BCUT2D eigenvalue weighted by atomic mass is 10.0. The Labute approximate surface area is 174 Å². The predicted octanol–water partition coefficient (Wildman–Crippen LogP) is 3.25. The van der Waals surface area contributed by atoms with E-state index in [0.717, 1.165) is 44.0 Å². The molecule has 1 amide bonds. The molecule has 0 unspecified atom stereocenters. The molecule has 0 bridgehead atoms. The van der Waals surface area contributed by atoms with Gasteiger partial charge in [0.25, 0.3) is 0 Å². The number of rotatable bonds is 8. The smallest absolute Gasteiger partial charge is 0.234 e. The monoisotopic (exact) mass is 395 g/mol. The summed E-state index contributed by atoms with van der Waals surface area (Å²) in [7, 11) is 1.65. The van der Waals surface area contributed by atoms with Crippen LogP contribution in [0.5, 0.6) is 5.75 Å². The highest BCUT2D eigenvalue weighted by Crippen LogP contribution is 2.16. The summed E-state index contributed by atoms with van der Waals surface area (Å²) in [5.74, 6) is 1.46. The number of nitrogens with one attached hydrogen (secondary N) is 1. The molecule has 1 aliphatic heterocycles. The molecular weight excluding hydrogens is 362 g/mol. The van der Waals surface area contributed by atoms with E-state index in [0.29, 0.717) is 19.0 Å². The standard InChI is InChI=1S/C24H33N3O2/c1-19(2)22-9-7-20(8-10-22)17-26-11-13-27(14-12-26)18-24(28)25-16-21-5-4-6-23(15-21)29-3/h4-10,15,19H,11-14,16-18H2,1-3H3,(H,25,28). The number of hydrogen-bond donors (Lipinski definition) is 1. The molecule has 2 aromatic rings. The highest BCUT2D eigenvalue weighted by atomic mass is 16.5. The van der Waals surface area contributed by atoms with Crippen molar-refractivity contribution in [3.05, 3.63) is 65.2 Å². The van der Waals surface area contributed by atoms with Crippen molar-refractivity contribution in [2.75, 3.05) is 39.8 Å². The van der Waals surface area contributed by atoms with Crippen molar-refractivity contribution < 1.29 is 9.53 Å². The number of benzene rings is 2. The van der Waals surface area contributed by atoms with E-state index in [1.165, 1.54) is 11.1 Å². The minimum absolute atomic E-state index is 0.0746. The molecule has 1 aliphatic rings. The first kappa shape index (κ1) is 21.3. The van der Waals surface area contributed by atoms with Crippen molar-refractivity contribution in [3.8, 4) is 5.75 Å². The maximum absolute atomic E-state index is 12.3. The number of amides is 1. The number of carbonyl (C=O) groups excluding carboxylic acids is 1. The number of carbonyl (C=O) groups is 1. The third-order valence-electron chi connectivity index (χ3n) is 5.51. The van der Waals surface area contributed by atoms with Gasteiger partial charge in [-0.1, -0.05) is 50.2 Å². The Morgan fingerprint density at radius 1 is 1.00 bits per heavy atom. The van der Waals surface area contributed by atoms with E-state index < -0.39 is 0 Å². The lowest BCUT2D eigenvalue weighted by molar-refractivity contribution is -0.122. The lowest BCUT2D eigenvalue weighted by Gasteiger charge is -2.34. The minimum Gasteiger partial charge on any atom is -0.497 e. The zero-order valence-electron chi connectivity index (χ0n) is 17.9. The molecule has 0 saturated carbocycles. The first-order valence-electron chi connectivity index (χ1n) is 10.5. The van der Waals surface area contributed by atoms with Crippen LogP contribution in [0.4, 0.5) is 0 Å². The zero-order chi connectivity index (χ0) is 20.6. The van der Waals surface area contributed by atoms with Gasteiger partial charge in [-0.25, -0.2) is 0 Å². The van der Waals surface area contributed by atoms with Gasteiger partial charge in [-0.05, 0) is 34.7 Å². The molecule has 0 atom stereocenters. The van der Waals surface area contributed by atoms with Gasteiger partial charge in [0.05, 0.1) is 13.7 Å². The Bertz CT molecular complexity index is 781. The van der Waals surface area contributed by atoms with Crippen molar-refractivity contribution in [3.63, 3.8) is 0 Å². The Kier molecular flexibility index (Phi) is 7.67. The molecule has 3 rings (SSSR count). The highest BCUT2D eigenvalue weighted by molar-refractivity contribution is 5.78. The van der Waals surface area contributed by atoms with E-state index >= 15 is 0 Å². The van der Waals surface area contributed by atoms with Crippen LogP contribution in [0.1, 0.15) is 36.5 Å². The number of nitrogens with zero attached hydrogens (tertiary/aromatic N) is 2. The van der Waals surface area contributed by atoms with Crippen LogP contribution in [0.2, 0.25) is 0 Å². The second-order valence-corrected chi connectivity index (χ2v) is 8.08. The maximum atomic E-state index is 12.3. The highest BCUT2D eigenvalue weighted by Gasteiger charge is 2.19. The van der Waals surface area contributed by atoms with Crippen LogP contribution >= 0.6 is 0 Å². The van der Waals surface area contributed by atoms with Crippen LogP contribution in [0.25, 0.3) is 0 Å². The van der Waals surface area contributed by atoms with E-state index in [1.54, 1.807) is 7.11 Å². The SMILES string of the molecule is COc1cccc(CNC(=O)CN2CCN(Cc3ccc(C(C)C)cc3)CC2)c1. The van der Waals surface area contributed by atoms with E-state index in [9.17, 15) is 4.79 Å². The summed E-state index contributed by atoms with van der Waals surface area (Å²) in [5, 5.41) is 3.01. The summed E-state index contributed by atoms with van der Waals surface area (Å²) in [6.07, 6.45) is 0. The van der Waals surface area contributed by atoms with E-state index in [2.05, 4.69) is 53.2 Å². The molecular formula is C24H33N3O2. The number of piperazine rings is 1. The summed E-state index contributed by atoms with van der Waals surface area (Å²) >= 11 is 0. The fraction of sp³-hybridized carbons (Fsp3) is 0.458. The molecule has 5 heteroatoms. The molecule has 1 N–H and O–H groups in total. The van der Waals surface area contributed by atoms with E-state index in [-0.39, 0.29) is 5.91 Å². The predicted molar refractivity (Wildman–Crippen MR) is 117 cm³/mol. The van der Waals surface area contributed by atoms with E-state index in [4.69, 9.17) is 4.74 Å². The van der Waals surface area contributed by atoms with Crippen LogP contribution < -0.4 is 10.1 Å². The van der Waals surface area contributed by atoms with Gasteiger partial charge in [0, 0.05) is 39.3 Å². The Hall–Kier alpha value is -2.37. The molecule has 2 aromatic carbocycles. The van der Waals surface area contributed by atoms with Crippen molar-refractivity contribution in [2.24, 2.45) is 0 Å². The summed E-state index contributed by atoms with van der Waals surface area (Å²) in [6, 6.07) is 16.8. The van der Waals surface area contributed by atoms with Gasteiger partial charge in [-0.15, -0.1) is 0 Å². The number of hydrogen-bond acceptors (Lipinski definition) is 4. The van der Waals surface area contributed by atoms with Gasteiger partial charge in [-0.3, -0.25) is 14.6 Å². The first-order chi connectivity index (χ1) is 14.0. The normalized spacial score (nSPS) is 15.4. The first-order valence-corrected chi connectivity index (χ1v) is 10.5. The second kappa shape index (κ2) is 10.4. The minimum atomic E-state index is 0.0746. The topological polar surface area (TPSA) is 44.8 Å². The molecule has 156 valence electrons. The van der Waals surface area contributed by atoms with Gasteiger partial charge in [0.1, 0.15) is 5.75 Å². The largest absolute Gasteiger partial charge is 0.497 e. The molecule has 0 aliphatic carbocycles. The Morgan fingerprint density at radius 3 is 2.34 bits per heavy atom. The van der Waals surface area contributed by atoms with Crippen molar-refractivity contribution in [2.45, 2.75) is 32.9 Å². The summed E-state index contributed by atoms with van der Waals surface area (Å²) < 4.78 is 5.23. The third-order valence-corrected chi connectivity index (χ3v) is 5.51. The van der Waals surface area contributed by atoms with Crippen molar-refractivity contribution >= 4 is 5.91 Å². The Balaban J connectivity index is 1.38. The van der Waals surface area contributed by atoms with Crippen LogP contribution in [-0.2, 0) is 17.9 Å². The number of ether oxygens (including phenoxy) is 1. The van der Waals surface area contributed by atoms with Gasteiger partial charge >= 0.3 is 0 Å². The Morgan fingerprint density at radius 2 is 1.69 bits per heavy atom. The van der Waals surface area contributed by atoms with Gasteiger partial charge < -0.3 is 10.1 Å². The van der Waals surface area contributed by atoms with Crippen molar-refractivity contribution in [1.29, 1.82) is 0 Å². The van der Waals surface area contributed by atoms with Gasteiger partial charge in [0.15, 0.2) is 0 Å². The second-order valence-electron chi connectivity index (χ2n) is 8.08. The number of methoxy groups -OCH3 is 1. The fourth-order valence-electron chi connectivity index (χ4n) is 3.61. The van der Waals surface area contributed by atoms with Gasteiger partial charge in [-0.2, -0.15) is 0 Å². The molecule has 5 nitrogen and oxygen atoms in total. The quantitative estimate of drug-likeness (QED) is 0.745. The molecule has 0 spiro atoms. The lowest BCUT2D eigenvalue weighted by Crippen LogP contribution is -2.49. The average Bonchev–Trinajstić information content (AvgIpc) is 2.74.